The third-order valence-corrected chi connectivity index (χ3v) is 5.87. The summed E-state index contributed by atoms with van der Waals surface area (Å²) in [7, 11) is 1.55. The fourth-order valence-electron chi connectivity index (χ4n) is 4.18. The second-order valence-corrected chi connectivity index (χ2v) is 7.94. The Morgan fingerprint density at radius 2 is 2.03 bits per heavy atom. The van der Waals surface area contributed by atoms with E-state index in [0.717, 1.165) is 50.0 Å². The van der Waals surface area contributed by atoms with E-state index >= 15 is 0 Å². The zero-order chi connectivity index (χ0) is 21.8. The molecule has 1 aliphatic heterocycles. The van der Waals surface area contributed by atoms with Crippen LogP contribution in [0, 0.1) is 5.82 Å². The molecule has 4 rings (SSSR count). The van der Waals surface area contributed by atoms with Crippen LogP contribution in [0.25, 0.3) is 11.0 Å². The molecule has 3 aromatic rings. The van der Waals surface area contributed by atoms with Crippen LogP contribution in [0.5, 0.6) is 11.5 Å². The van der Waals surface area contributed by atoms with Gasteiger partial charge in [-0.1, -0.05) is 5.16 Å². The van der Waals surface area contributed by atoms with Gasteiger partial charge in [-0.25, -0.2) is 4.39 Å². The van der Waals surface area contributed by atoms with Gasteiger partial charge in [0.15, 0.2) is 11.4 Å². The second-order valence-electron chi connectivity index (χ2n) is 7.94. The Morgan fingerprint density at radius 1 is 1.23 bits per heavy atom. The van der Waals surface area contributed by atoms with E-state index < -0.39 is 0 Å². The Balaban J connectivity index is 1.24. The van der Waals surface area contributed by atoms with Crippen LogP contribution >= 0.6 is 0 Å². The van der Waals surface area contributed by atoms with Gasteiger partial charge in [-0.2, -0.15) is 0 Å². The summed E-state index contributed by atoms with van der Waals surface area (Å²) < 4.78 is 30.1. The van der Waals surface area contributed by atoms with E-state index in [2.05, 4.69) is 10.1 Å². The number of piperidine rings is 1. The van der Waals surface area contributed by atoms with Crippen LogP contribution in [-0.4, -0.2) is 49.2 Å². The lowest BCUT2D eigenvalue weighted by Crippen LogP contribution is -2.34. The zero-order valence-electron chi connectivity index (χ0n) is 17.9. The SMILES string of the molecule is COc1cc(OCCCN2CCC(c3noc4ccc(F)cc34)CC2)ccc1C(C)=O. The molecule has 0 saturated carbocycles. The average molecular weight is 426 g/mol. The molecular weight excluding hydrogens is 399 g/mol. The Labute approximate surface area is 180 Å². The van der Waals surface area contributed by atoms with Crippen molar-refractivity contribution in [1.29, 1.82) is 0 Å². The predicted molar refractivity (Wildman–Crippen MR) is 115 cm³/mol. The van der Waals surface area contributed by atoms with Crippen LogP contribution in [0.3, 0.4) is 0 Å². The minimum absolute atomic E-state index is 0.0319. The summed E-state index contributed by atoms with van der Waals surface area (Å²) in [6.45, 7) is 5.00. The van der Waals surface area contributed by atoms with Crippen molar-refractivity contribution in [1.82, 2.24) is 10.1 Å². The highest BCUT2D eigenvalue weighted by Gasteiger charge is 2.25. The molecule has 0 aliphatic carbocycles. The summed E-state index contributed by atoms with van der Waals surface area (Å²) in [5, 5.41) is 5.00. The van der Waals surface area contributed by atoms with Crippen molar-refractivity contribution >= 4 is 16.8 Å². The van der Waals surface area contributed by atoms with Crippen LogP contribution in [0.2, 0.25) is 0 Å². The van der Waals surface area contributed by atoms with Gasteiger partial charge in [0.25, 0.3) is 0 Å². The van der Waals surface area contributed by atoms with Crippen LogP contribution in [0.4, 0.5) is 4.39 Å². The van der Waals surface area contributed by atoms with Crippen LogP contribution in [-0.2, 0) is 0 Å². The van der Waals surface area contributed by atoms with E-state index in [1.165, 1.54) is 19.1 Å². The Hall–Kier alpha value is -2.93. The van der Waals surface area contributed by atoms with E-state index in [9.17, 15) is 9.18 Å². The van der Waals surface area contributed by atoms with Crippen LogP contribution in [0.1, 0.15) is 48.2 Å². The van der Waals surface area contributed by atoms with Gasteiger partial charge in [0.2, 0.25) is 0 Å². The molecule has 2 aromatic carbocycles. The number of hydrogen-bond donors (Lipinski definition) is 0. The van der Waals surface area contributed by atoms with Gasteiger partial charge in [-0.15, -0.1) is 0 Å². The lowest BCUT2D eigenvalue weighted by atomic mass is 9.91. The zero-order valence-corrected chi connectivity index (χ0v) is 17.9. The summed E-state index contributed by atoms with van der Waals surface area (Å²) >= 11 is 0. The number of carbonyl (C=O) groups is 1. The predicted octanol–water partition coefficient (Wildman–Crippen LogP) is 4.83. The summed E-state index contributed by atoms with van der Waals surface area (Å²) in [6.07, 6.45) is 2.85. The van der Waals surface area contributed by atoms with Crippen molar-refractivity contribution in [3.63, 3.8) is 0 Å². The molecular formula is C24H27FN2O4. The number of ether oxygens (including phenoxy) is 2. The van der Waals surface area contributed by atoms with E-state index in [1.807, 2.05) is 0 Å². The summed E-state index contributed by atoms with van der Waals surface area (Å²) in [5.74, 6) is 1.24. The van der Waals surface area contributed by atoms with E-state index in [-0.39, 0.29) is 11.6 Å². The van der Waals surface area contributed by atoms with Gasteiger partial charge in [-0.3, -0.25) is 4.79 Å². The van der Waals surface area contributed by atoms with Crippen molar-refractivity contribution in [2.24, 2.45) is 0 Å². The van der Waals surface area contributed by atoms with Gasteiger partial charge in [0.1, 0.15) is 17.3 Å². The number of aromatic nitrogens is 1. The molecule has 0 spiro atoms. The first-order valence-electron chi connectivity index (χ1n) is 10.6. The molecule has 6 nitrogen and oxygen atoms in total. The smallest absolute Gasteiger partial charge is 0.167 e. The maximum atomic E-state index is 13.6. The number of nitrogens with zero attached hydrogens (tertiary/aromatic N) is 2. The number of ketones is 1. The standard InChI is InChI=1S/C24H27FN2O4/c1-16(28)20-6-5-19(15-23(20)29-2)30-13-3-10-27-11-8-17(9-12-27)24-21-14-18(25)4-7-22(21)31-26-24/h4-7,14-15,17H,3,8-13H2,1-2H3. The lowest BCUT2D eigenvalue weighted by Gasteiger charge is -2.31. The summed E-state index contributed by atoms with van der Waals surface area (Å²) in [6, 6.07) is 9.85. The Kier molecular flexibility index (Phi) is 6.51. The number of rotatable bonds is 8. The molecule has 7 heteroatoms. The number of benzene rings is 2. The molecule has 1 fully saturated rings. The number of methoxy groups -OCH3 is 1. The monoisotopic (exact) mass is 426 g/mol. The summed E-state index contributed by atoms with van der Waals surface area (Å²) in [5.41, 5.74) is 2.07. The third kappa shape index (κ3) is 4.88. The lowest BCUT2D eigenvalue weighted by molar-refractivity contribution is 0.101. The Bertz CT molecular complexity index is 1060. The molecule has 0 bridgehead atoms. The van der Waals surface area contributed by atoms with Crippen LogP contribution < -0.4 is 9.47 Å². The molecule has 0 radical (unpaired) electrons. The molecule has 0 amide bonds. The molecule has 1 aliphatic rings. The number of halogens is 1. The molecule has 2 heterocycles. The molecule has 31 heavy (non-hydrogen) atoms. The third-order valence-electron chi connectivity index (χ3n) is 5.87. The van der Waals surface area contributed by atoms with Gasteiger partial charge in [-0.05, 0) is 69.6 Å². The van der Waals surface area contributed by atoms with E-state index in [0.29, 0.717) is 35.2 Å². The number of Topliss-reactive ketones (excluding diaryl/α,β-unsaturated/α-hetero) is 1. The minimum Gasteiger partial charge on any atom is -0.496 e. The molecule has 0 atom stereocenters. The number of likely N-dealkylation sites (tertiary alicyclic amines) is 1. The van der Waals surface area contributed by atoms with Gasteiger partial charge in [0.05, 0.1) is 25.0 Å². The number of fused-ring (bicyclic) bond motifs is 1. The maximum Gasteiger partial charge on any atom is 0.167 e. The van der Waals surface area contributed by atoms with E-state index in [4.69, 9.17) is 14.0 Å². The minimum atomic E-state index is -0.261. The molecule has 0 unspecified atom stereocenters. The van der Waals surface area contributed by atoms with Crippen molar-refractivity contribution < 1.29 is 23.2 Å². The first kappa shape index (κ1) is 21.3. The fourth-order valence-corrected chi connectivity index (χ4v) is 4.18. The van der Waals surface area contributed by atoms with Crippen molar-refractivity contribution in [2.75, 3.05) is 33.4 Å². The van der Waals surface area contributed by atoms with E-state index in [1.54, 1.807) is 31.4 Å². The fraction of sp³-hybridized carbons (Fsp3) is 0.417. The maximum absolute atomic E-state index is 13.6. The highest BCUT2D eigenvalue weighted by molar-refractivity contribution is 5.97. The quantitative estimate of drug-likeness (QED) is 0.380. The van der Waals surface area contributed by atoms with Gasteiger partial charge in [0, 0.05) is 23.9 Å². The normalized spacial score (nSPS) is 15.3. The molecule has 1 aromatic heterocycles. The van der Waals surface area contributed by atoms with Gasteiger partial charge < -0.3 is 18.9 Å². The number of hydrogen-bond acceptors (Lipinski definition) is 6. The first-order valence-corrected chi connectivity index (χ1v) is 10.6. The van der Waals surface area contributed by atoms with Crippen molar-refractivity contribution in [3.8, 4) is 11.5 Å². The molecule has 0 N–H and O–H groups in total. The van der Waals surface area contributed by atoms with Crippen molar-refractivity contribution in [2.45, 2.75) is 32.1 Å². The highest BCUT2D eigenvalue weighted by atomic mass is 19.1. The number of carbonyl (C=O) groups excluding carboxylic acids is 1. The largest absolute Gasteiger partial charge is 0.496 e. The second kappa shape index (κ2) is 9.47. The Morgan fingerprint density at radius 3 is 2.77 bits per heavy atom. The highest BCUT2D eigenvalue weighted by Crippen LogP contribution is 2.33. The van der Waals surface area contributed by atoms with Crippen molar-refractivity contribution in [3.05, 3.63) is 53.5 Å². The average Bonchev–Trinajstić information content (AvgIpc) is 3.20. The molecule has 1 saturated heterocycles. The van der Waals surface area contributed by atoms with Gasteiger partial charge >= 0.3 is 0 Å². The van der Waals surface area contributed by atoms with Crippen LogP contribution in [0.15, 0.2) is 40.9 Å². The topological polar surface area (TPSA) is 64.8 Å². The first-order chi connectivity index (χ1) is 15.0. The molecule has 164 valence electrons. The summed E-state index contributed by atoms with van der Waals surface area (Å²) in [4.78, 5) is 14.0.